The van der Waals surface area contributed by atoms with Crippen molar-refractivity contribution in [2.24, 2.45) is 7.05 Å². The first-order valence-corrected chi connectivity index (χ1v) is 2.85. The van der Waals surface area contributed by atoms with Crippen molar-refractivity contribution in [2.45, 2.75) is 0 Å². The first kappa shape index (κ1) is 9.97. The molecule has 0 N–H and O–H groups in total. The van der Waals surface area contributed by atoms with Crippen LogP contribution in [0, 0.1) is 0 Å². The average molecular weight is 177 g/mol. The number of hydrogen-bond acceptors (Lipinski definition) is 2. The third-order valence-corrected chi connectivity index (χ3v) is 1.15. The number of carbonyl (C=O) groups excluding carboxylic acids is 1. The number of carbonyl (C=O) groups is 1. The molecular weight excluding hydrogens is 168 g/mol. The second kappa shape index (κ2) is 3.98. The zero-order valence-electron chi connectivity index (χ0n) is 6.32. The highest BCUT2D eigenvalue weighted by molar-refractivity contribution is 5.69. The number of ether oxygens (including phenoxy) is 1. The van der Waals surface area contributed by atoms with Gasteiger partial charge in [-0.2, -0.15) is 4.79 Å². The zero-order valence-corrected chi connectivity index (χ0v) is 7.08. The Balaban J connectivity index is 0.000001000. The average Bonchev–Trinajstić information content (AvgIpc) is 2.34. The van der Waals surface area contributed by atoms with E-state index in [0.29, 0.717) is 0 Å². The standard InChI is InChI=1S/C6H9N2O2.ClH/c1-7-3-4-8(5-7)6(9)10-2;/h3-5H,1-2H3;1H/q+1;/p-1. The predicted octanol–water partition coefficient (Wildman–Crippen LogP) is -3.07. The Kier molecular flexibility index (Phi) is 3.60. The molecule has 1 aromatic rings. The number of hydrogen-bond donors (Lipinski definition) is 0. The highest BCUT2D eigenvalue weighted by Crippen LogP contribution is 1.84. The van der Waals surface area contributed by atoms with Crippen LogP contribution in [0.5, 0.6) is 0 Å². The summed E-state index contributed by atoms with van der Waals surface area (Å²) in [5.74, 6) is 0. The molecule has 0 unspecified atom stereocenters. The van der Waals surface area contributed by atoms with Crippen molar-refractivity contribution in [1.29, 1.82) is 0 Å². The summed E-state index contributed by atoms with van der Waals surface area (Å²) in [6.07, 6.45) is 4.65. The third-order valence-electron chi connectivity index (χ3n) is 1.15. The van der Waals surface area contributed by atoms with Gasteiger partial charge in [-0.3, -0.25) is 0 Å². The Morgan fingerprint density at radius 1 is 1.64 bits per heavy atom. The van der Waals surface area contributed by atoms with Gasteiger partial charge in [0.15, 0.2) is 0 Å². The van der Waals surface area contributed by atoms with Gasteiger partial charge in [-0.25, -0.2) is 4.57 Å². The zero-order chi connectivity index (χ0) is 7.56. The van der Waals surface area contributed by atoms with Crippen molar-refractivity contribution in [3.05, 3.63) is 18.7 Å². The first-order chi connectivity index (χ1) is 4.74. The van der Waals surface area contributed by atoms with Gasteiger partial charge in [0.05, 0.1) is 14.2 Å². The lowest BCUT2D eigenvalue weighted by atomic mass is 10.9. The lowest BCUT2D eigenvalue weighted by Crippen LogP contribution is -3.00. The molecule has 0 aromatic carbocycles. The summed E-state index contributed by atoms with van der Waals surface area (Å²) in [6, 6.07) is 0. The number of nitrogens with zero attached hydrogens (tertiary/aromatic N) is 2. The smallest absolute Gasteiger partial charge is 0.511 e. The number of halogens is 1. The minimum atomic E-state index is -0.374. The topological polar surface area (TPSA) is 35.1 Å². The van der Waals surface area contributed by atoms with E-state index in [4.69, 9.17) is 0 Å². The Morgan fingerprint density at radius 2 is 2.27 bits per heavy atom. The fraction of sp³-hybridized carbons (Fsp3) is 0.333. The van der Waals surface area contributed by atoms with E-state index in [1.54, 1.807) is 23.3 Å². The third kappa shape index (κ3) is 2.23. The monoisotopic (exact) mass is 176 g/mol. The van der Waals surface area contributed by atoms with Crippen LogP contribution in [0.1, 0.15) is 0 Å². The van der Waals surface area contributed by atoms with Gasteiger partial charge in [0.1, 0.15) is 12.4 Å². The highest BCUT2D eigenvalue weighted by Gasteiger charge is 2.09. The van der Waals surface area contributed by atoms with Crippen LogP contribution in [0.3, 0.4) is 0 Å². The van der Waals surface area contributed by atoms with E-state index in [2.05, 4.69) is 4.74 Å². The first-order valence-electron chi connectivity index (χ1n) is 2.85. The summed E-state index contributed by atoms with van der Waals surface area (Å²) in [5, 5.41) is 0. The molecule has 1 rings (SSSR count). The summed E-state index contributed by atoms with van der Waals surface area (Å²) in [7, 11) is 3.18. The van der Waals surface area contributed by atoms with Crippen LogP contribution in [0.4, 0.5) is 4.79 Å². The maximum absolute atomic E-state index is 10.8. The number of aromatic nitrogens is 2. The van der Waals surface area contributed by atoms with Gasteiger partial charge < -0.3 is 17.1 Å². The molecule has 0 aliphatic carbocycles. The lowest BCUT2D eigenvalue weighted by Gasteiger charge is -1.88. The minimum absolute atomic E-state index is 0. The van der Waals surface area contributed by atoms with Gasteiger partial charge >= 0.3 is 6.09 Å². The van der Waals surface area contributed by atoms with Crippen LogP contribution in [0.25, 0.3) is 0 Å². The molecule has 4 nitrogen and oxygen atoms in total. The molecule has 0 fully saturated rings. The van der Waals surface area contributed by atoms with Crippen LogP contribution in [0.2, 0.25) is 0 Å². The van der Waals surface area contributed by atoms with Gasteiger partial charge in [0.25, 0.3) is 6.33 Å². The molecule has 1 heterocycles. The van der Waals surface area contributed by atoms with Gasteiger partial charge in [-0.1, -0.05) is 0 Å². The number of methoxy groups -OCH3 is 1. The summed E-state index contributed by atoms with van der Waals surface area (Å²) >= 11 is 0. The molecule has 0 radical (unpaired) electrons. The van der Waals surface area contributed by atoms with Crippen molar-refractivity contribution in [2.75, 3.05) is 7.11 Å². The summed E-state index contributed by atoms with van der Waals surface area (Å²) < 4.78 is 7.58. The molecule has 1 aromatic heterocycles. The number of aryl methyl sites for hydroxylation is 1. The molecule has 0 amide bonds. The van der Waals surface area contributed by atoms with E-state index in [0.717, 1.165) is 0 Å². The molecule has 0 aliphatic heterocycles. The van der Waals surface area contributed by atoms with Crippen LogP contribution in [0.15, 0.2) is 18.7 Å². The maximum atomic E-state index is 10.8. The fourth-order valence-electron chi connectivity index (χ4n) is 0.664. The Labute approximate surface area is 70.8 Å². The largest absolute Gasteiger partial charge is 1.00 e. The van der Waals surface area contributed by atoms with Crippen LogP contribution in [-0.4, -0.2) is 17.8 Å². The maximum Gasteiger partial charge on any atom is 0.511 e. The van der Waals surface area contributed by atoms with E-state index in [9.17, 15) is 4.79 Å². The SMILES string of the molecule is COC(=O)n1cc[n+](C)c1.[Cl-]. The van der Waals surface area contributed by atoms with Gasteiger partial charge in [0.2, 0.25) is 0 Å². The molecule has 0 aliphatic rings. The normalized spacial score (nSPS) is 8.55. The van der Waals surface area contributed by atoms with E-state index < -0.39 is 0 Å². The van der Waals surface area contributed by atoms with Crippen LogP contribution in [-0.2, 0) is 11.8 Å². The number of rotatable bonds is 0. The molecule has 0 spiro atoms. The van der Waals surface area contributed by atoms with Gasteiger partial charge in [-0.05, 0) is 0 Å². The highest BCUT2D eigenvalue weighted by atomic mass is 35.5. The lowest BCUT2D eigenvalue weighted by molar-refractivity contribution is -0.670. The van der Waals surface area contributed by atoms with Crippen molar-refractivity contribution >= 4 is 6.09 Å². The molecule has 0 atom stereocenters. The Morgan fingerprint density at radius 3 is 2.64 bits per heavy atom. The summed E-state index contributed by atoms with van der Waals surface area (Å²) in [6.45, 7) is 0. The van der Waals surface area contributed by atoms with Crippen molar-refractivity contribution in [1.82, 2.24) is 4.57 Å². The molecular formula is C6H9ClN2O2. The van der Waals surface area contributed by atoms with E-state index in [-0.39, 0.29) is 18.5 Å². The quantitative estimate of drug-likeness (QED) is 0.394. The molecule has 5 heteroatoms. The second-order valence-electron chi connectivity index (χ2n) is 1.96. The minimum Gasteiger partial charge on any atom is -1.00 e. The number of imidazole rings is 1. The van der Waals surface area contributed by atoms with Crippen molar-refractivity contribution in [3.63, 3.8) is 0 Å². The molecule has 62 valence electrons. The summed E-state index contributed by atoms with van der Waals surface area (Å²) in [4.78, 5) is 10.8. The predicted molar refractivity (Wildman–Crippen MR) is 33.4 cm³/mol. The van der Waals surface area contributed by atoms with Crippen molar-refractivity contribution in [3.8, 4) is 0 Å². The van der Waals surface area contributed by atoms with Crippen LogP contribution >= 0.6 is 0 Å². The van der Waals surface area contributed by atoms with Gasteiger partial charge in [0, 0.05) is 0 Å². The van der Waals surface area contributed by atoms with E-state index in [1.165, 1.54) is 11.7 Å². The Bertz CT molecular complexity index is 246. The second-order valence-corrected chi connectivity index (χ2v) is 1.96. The van der Waals surface area contributed by atoms with Gasteiger partial charge in [-0.15, -0.1) is 4.57 Å². The molecule has 0 saturated heterocycles. The molecule has 11 heavy (non-hydrogen) atoms. The molecule has 0 bridgehead atoms. The van der Waals surface area contributed by atoms with Crippen LogP contribution < -0.4 is 17.0 Å². The molecule has 0 saturated carbocycles. The Hall–Kier alpha value is -1.03. The summed E-state index contributed by atoms with van der Waals surface area (Å²) in [5.41, 5.74) is 0. The van der Waals surface area contributed by atoms with Crippen molar-refractivity contribution < 1.29 is 26.5 Å². The van der Waals surface area contributed by atoms with E-state index >= 15 is 0 Å². The van der Waals surface area contributed by atoms with E-state index in [1.807, 2.05) is 7.05 Å². The fourth-order valence-corrected chi connectivity index (χ4v) is 0.664.